The number of likely N-dealkylation sites (tertiary alicyclic amines) is 1. The molecule has 1 fully saturated rings. The molecule has 41 heavy (non-hydrogen) atoms. The summed E-state index contributed by atoms with van der Waals surface area (Å²) in [5.41, 5.74) is 14.5. The van der Waals surface area contributed by atoms with Crippen molar-refractivity contribution >= 4 is 63.0 Å². The number of anilines is 1. The van der Waals surface area contributed by atoms with Crippen LogP contribution in [-0.2, 0) is 21.2 Å². The Kier molecular flexibility index (Phi) is 10.2. The zero-order chi connectivity index (χ0) is 27.9. The Balaban J connectivity index is 0.00000231. The molecule has 1 amide bonds. The van der Waals surface area contributed by atoms with E-state index in [-0.39, 0.29) is 48.4 Å². The van der Waals surface area contributed by atoms with Gasteiger partial charge in [0.25, 0.3) is 0 Å². The van der Waals surface area contributed by atoms with Crippen LogP contribution in [0.5, 0.6) is 5.75 Å². The first-order chi connectivity index (χ1) is 18.6. The molecule has 12 heteroatoms. The van der Waals surface area contributed by atoms with Gasteiger partial charge in [0.05, 0.1) is 23.5 Å². The van der Waals surface area contributed by atoms with Crippen LogP contribution in [0.15, 0.2) is 54.6 Å². The second kappa shape index (κ2) is 12.9. The minimum absolute atomic E-state index is 0. The molecule has 0 saturated carbocycles. The predicted molar refractivity (Wildman–Crippen MR) is 168 cm³/mol. The lowest BCUT2D eigenvalue weighted by atomic mass is 9.98. The van der Waals surface area contributed by atoms with Gasteiger partial charge in [0.1, 0.15) is 17.7 Å². The van der Waals surface area contributed by atoms with Crippen LogP contribution in [-0.4, -0.2) is 56.0 Å². The van der Waals surface area contributed by atoms with Crippen molar-refractivity contribution in [1.29, 1.82) is 5.41 Å². The van der Waals surface area contributed by atoms with Gasteiger partial charge < -0.3 is 21.1 Å². The summed E-state index contributed by atoms with van der Waals surface area (Å²) in [5, 5.41) is 9.67. The van der Waals surface area contributed by atoms with Crippen LogP contribution in [0.1, 0.15) is 49.4 Å². The molecule has 0 spiro atoms. The third kappa shape index (κ3) is 6.56. The lowest BCUT2D eigenvalue weighted by Crippen LogP contribution is -2.47. The summed E-state index contributed by atoms with van der Waals surface area (Å²) in [6.07, 6.45) is 1.93. The van der Waals surface area contributed by atoms with Gasteiger partial charge in [0, 0.05) is 37.9 Å². The quantitative estimate of drug-likeness (QED) is 0.267. The van der Waals surface area contributed by atoms with E-state index in [1.54, 1.807) is 23.1 Å². The minimum Gasteiger partial charge on any atom is -0.490 e. The van der Waals surface area contributed by atoms with E-state index in [1.165, 1.54) is 0 Å². The molecule has 0 aromatic heterocycles. The summed E-state index contributed by atoms with van der Waals surface area (Å²) < 4.78 is 34.4. The number of rotatable bonds is 7. The Labute approximate surface area is 253 Å². The number of sulfonamides is 1. The normalized spacial score (nSPS) is 17.8. The molecule has 9 nitrogen and oxygen atoms in total. The maximum absolute atomic E-state index is 13.3. The molecule has 2 heterocycles. The molecule has 222 valence electrons. The summed E-state index contributed by atoms with van der Waals surface area (Å²) in [4.78, 5) is 14.0. The number of nitrogen functional groups attached to an aromatic ring is 1. The van der Waals surface area contributed by atoms with Crippen molar-refractivity contribution in [3.05, 3.63) is 71.3 Å². The van der Waals surface area contributed by atoms with Crippen LogP contribution in [0, 0.1) is 5.41 Å². The summed E-state index contributed by atoms with van der Waals surface area (Å²) in [5.74, 6) is 0.636. The molecule has 0 radical (unpaired) electrons. The molecule has 3 aromatic rings. The van der Waals surface area contributed by atoms with Crippen molar-refractivity contribution in [3.8, 4) is 5.75 Å². The number of fused-ring (bicyclic) bond motifs is 2. The Morgan fingerprint density at radius 1 is 1.05 bits per heavy atom. The molecule has 2 aliphatic heterocycles. The molecule has 0 bridgehead atoms. The van der Waals surface area contributed by atoms with Crippen molar-refractivity contribution < 1.29 is 17.9 Å². The molecule has 0 aliphatic carbocycles. The SMILES string of the molecule is CCS(=O)(=O)N1c2ccc(OC3CCN(C(=O)[C@H](C)N)CC3)cc2CC1c1ccc2ccc(C(=N)N)cc2c1.Cl.Cl. The molecule has 1 saturated heterocycles. The number of amides is 1. The maximum atomic E-state index is 13.3. The van der Waals surface area contributed by atoms with Crippen LogP contribution in [0.3, 0.4) is 0 Å². The van der Waals surface area contributed by atoms with Gasteiger partial charge in [-0.15, -0.1) is 24.8 Å². The fourth-order valence-corrected chi connectivity index (χ4v) is 6.86. The highest BCUT2D eigenvalue weighted by Gasteiger charge is 2.38. The van der Waals surface area contributed by atoms with E-state index in [2.05, 4.69) is 0 Å². The van der Waals surface area contributed by atoms with Crippen LogP contribution in [0.25, 0.3) is 10.8 Å². The number of ether oxygens (including phenoxy) is 1. The number of nitrogens with two attached hydrogens (primary N) is 2. The first-order valence-electron chi connectivity index (χ1n) is 13.3. The van der Waals surface area contributed by atoms with Crippen molar-refractivity contribution in [2.45, 2.75) is 51.3 Å². The Hall–Kier alpha value is -3.05. The van der Waals surface area contributed by atoms with Gasteiger partial charge in [-0.25, -0.2) is 8.42 Å². The third-order valence-electron chi connectivity index (χ3n) is 7.66. The molecule has 5 N–H and O–H groups in total. The standard InChI is InChI=1S/C29H35N5O4S.2ClH/c1-3-39(36,37)34-26-9-8-25(38-24-10-12-33(13-11-24)29(35)18(2)30)16-23(26)17-27(34)20-6-4-19-5-7-21(28(31)32)15-22(19)14-20;;/h4-9,14-16,18,24,27H,3,10-13,17,30H2,1-2H3,(H3,31,32);2*1H/t18-,27?;;/m0../s1. The molecular weight excluding hydrogens is 585 g/mol. The first kappa shape index (κ1) is 32.5. The van der Waals surface area contributed by atoms with Crippen LogP contribution in [0.2, 0.25) is 0 Å². The number of amidine groups is 1. The number of benzene rings is 3. The molecule has 5 rings (SSSR count). The Morgan fingerprint density at radius 3 is 2.37 bits per heavy atom. The van der Waals surface area contributed by atoms with Crippen molar-refractivity contribution in [3.63, 3.8) is 0 Å². The van der Waals surface area contributed by atoms with Gasteiger partial charge in [-0.1, -0.05) is 24.3 Å². The van der Waals surface area contributed by atoms with Gasteiger partial charge in [0.2, 0.25) is 15.9 Å². The lowest BCUT2D eigenvalue weighted by molar-refractivity contribution is -0.133. The minimum atomic E-state index is -3.55. The topological polar surface area (TPSA) is 143 Å². The summed E-state index contributed by atoms with van der Waals surface area (Å²) >= 11 is 0. The van der Waals surface area contributed by atoms with Crippen molar-refractivity contribution in [2.75, 3.05) is 23.1 Å². The van der Waals surface area contributed by atoms with E-state index in [0.717, 1.165) is 21.9 Å². The lowest BCUT2D eigenvalue weighted by Gasteiger charge is -2.33. The second-order valence-corrected chi connectivity index (χ2v) is 12.5. The van der Waals surface area contributed by atoms with Crippen molar-refractivity contribution in [1.82, 2.24) is 4.90 Å². The van der Waals surface area contributed by atoms with Gasteiger partial charge in [-0.05, 0) is 66.1 Å². The summed E-state index contributed by atoms with van der Waals surface area (Å²) in [7, 11) is -3.55. The van der Waals surface area contributed by atoms with Gasteiger partial charge in [0.15, 0.2) is 0 Å². The number of hydrogen-bond donors (Lipinski definition) is 3. The van der Waals surface area contributed by atoms with Gasteiger partial charge in [-0.2, -0.15) is 0 Å². The molecule has 1 unspecified atom stereocenters. The monoisotopic (exact) mass is 621 g/mol. The highest BCUT2D eigenvalue weighted by Crippen LogP contribution is 2.44. The average Bonchev–Trinajstić information content (AvgIpc) is 3.32. The highest BCUT2D eigenvalue weighted by molar-refractivity contribution is 7.92. The summed E-state index contributed by atoms with van der Waals surface area (Å²) in [6, 6.07) is 16.2. The molecule has 2 aliphatic rings. The van der Waals surface area contributed by atoms with Crippen LogP contribution < -0.4 is 20.5 Å². The predicted octanol–water partition coefficient (Wildman–Crippen LogP) is 4.14. The zero-order valence-corrected chi connectivity index (χ0v) is 25.5. The van der Waals surface area contributed by atoms with Crippen molar-refractivity contribution in [2.24, 2.45) is 11.5 Å². The summed E-state index contributed by atoms with van der Waals surface area (Å²) in [6.45, 7) is 4.57. The van der Waals surface area contributed by atoms with Crippen LogP contribution >= 0.6 is 24.8 Å². The van der Waals surface area contributed by atoms with Gasteiger partial charge >= 0.3 is 0 Å². The number of carbonyl (C=O) groups excluding carboxylic acids is 1. The molecular formula is C29H37Cl2N5O4S. The van der Waals surface area contributed by atoms with E-state index in [0.29, 0.717) is 49.4 Å². The highest BCUT2D eigenvalue weighted by atomic mass is 35.5. The third-order valence-corrected chi connectivity index (χ3v) is 9.44. The number of nitrogens with one attached hydrogen (secondary N) is 1. The molecule has 2 atom stereocenters. The number of hydrogen-bond acceptors (Lipinski definition) is 6. The van der Waals surface area contributed by atoms with E-state index in [4.69, 9.17) is 21.6 Å². The van der Waals surface area contributed by atoms with E-state index < -0.39 is 22.1 Å². The number of carbonyl (C=O) groups is 1. The second-order valence-electron chi connectivity index (χ2n) is 10.4. The van der Waals surface area contributed by atoms with Crippen LogP contribution in [0.4, 0.5) is 5.69 Å². The number of nitrogens with zero attached hydrogens (tertiary/aromatic N) is 2. The first-order valence-corrected chi connectivity index (χ1v) is 14.9. The number of piperidine rings is 1. The largest absolute Gasteiger partial charge is 0.490 e. The average molecular weight is 623 g/mol. The van der Waals surface area contributed by atoms with E-state index >= 15 is 0 Å². The van der Waals surface area contributed by atoms with E-state index in [9.17, 15) is 13.2 Å². The Bertz CT molecular complexity index is 1540. The maximum Gasteiger partial charge on any atom is 0.239 e. The zero-order valence-electron chi connectivity index (χ0n) is 23.1. The van der Waals surface area contributed by atoms with E-state index in [1.807, 2.05) is 54.6 Å². The Morgan fingerprint density at radius 2 is 1.73 bits per heavy atom. The fourth-order valence-electron chi connectivity index (χ4n) is 5.52. The number of halogens is 2. The molecule has 3 aromatic carbocycles. The smallest absolute Gasteiger partial charge is 0.239 e. The van der Waals surface area contributed by atoms with Gasteiger partial charge in [-0.3, -0.25) is 14.5 Å². The fraction of sp³-hybridized carbons (Fsp3) is 0.379.